The summed E-state index contributed by atoms with van der Waals surface area (Å²) in [5.41, 5.74) is 0. The fourth-order valence-corrected chi connectivity index (χ4v) is 8.44. The maximum Gasteiger partial charge on any atom is 0.306 e. The van der Waals surface area contributed by atoms with E-state index in [0.29, 0.717) is 12.8 Å². The number of carbonyl (C=O) groups is 2. The number of esters is 2. The van der Waals surface area contributed by atoms with Gasteiger partial charge in [0, 0.05) is 12.8 Å². The Labute approximate surface area is 432 Å². The minimum Gasteiger partial charge on any atom is -0.462 e. The van der Waals surface area contributed by atoms with E-state index in [1.54, 1.807) is 0 Å². The second-order valence-corrected chi connectivity index (χ2v) is 19.4. The van der Waals surface area contributed by atoms with E-state index in [1.807, 2.05) is 0 Å². The summed E-state index contributed by atoms with van der Waals surface area (Å²) in [5, 5.41) is 72.2. The van der Waals surface area contributed by atoms with Gasteiger partial charge in [-0.15, -0.1) is 0 Å². The number of unbranched alkanes of at least 4 members (excludes halogenated alkanes) is 19. The molecular weight excluding hydrogens is 925 g/mol. The summed E-state index contributed by atoms with van der Waals surface area (Å²) in [6, 6.07) is 0. The van der Waals surface area contributed by atoms with Crippen LogP contribution in [0.1, 0.15) is 194 Å². The van der Waals surface area contributed by atoms with Crippen LogP contribution in [0.4, 0.5) is 0 Å². The molecule has 2 aliphatic rings. The van der Waals surface area contributed by atoms with Gasteiger partial charge in [0.05, 0.1) is 19.8 Å². The highest BCUT2D eigenvalue weighted by molar-refractivity contribution is 5.70. The molecule has 72 heavy (non-hydrogen) atoms. The van der Waals surface area contributed by atoms with Crippen molar-refractivity contribution in [2.75, 3.05) is 26.4 Å². The van der Waals surface area contributed by atoms with Gasteiger partial charge in [0.15, 0.2) is 18.7 Å². The van der Waals surface area contributed by atoms with Gasteiger partial charge in [-0.25, -0.2) is 0 Å². The van der Waals surface area contributed by atoms with Crippen molar-refractivity contribution in [3.63, 3.8) is 0 Å². The normalized spacial score (nSPS) is 25.5. The largest absolute Gasteiger partial charge is 0.462 e. The average Bonchev–Trinajstić information content (AvgIpc) is 3.37. The molecule has 2 fully saturated rings. The Morgan fingerprint density at radius 3 is 1.38 bits per heavy atom. The SMILES string of the molecule is CC/C=C\C/C=C\C/C=C\CCCCCCCC(=O)OC(COC(=O)CCCCCCCCCCC/C=C\C/C=C\CCCCCCC)COC1OC(COC2OC(CO)C(O)C(O)C2O)C(O)C(O)C1O. The lowest BCUT2D eigenvalue weighted by atomic mass is 9.98. The third-order valence-corrected chi connectivity index (χ3v) is 13.0. The number of ether oxygens (including phenoxy) is 6. The van der Waals surface area contributed by atoms with Gasteiger partial charge in [-0.3, -0.25) is 9.59 Å². The first-order valence-corrected chi connectivity index (χ1v) is 27.9. The molecule has 0 aromatic heterocycles. The first-order chi connectivity index (χ1) is 35.0. The van der Waals surface area contributed by atoms with Crippen molar-refractivity contribution < 1.29 is 73.8 Å². The molecule has 2 rings (SSSR count). The summed E-state index contributed by atoms with van der Waals surface area (Å²) in [7, 11) is 0. The lowest BCUT2D eigenvalue weighted by Crippen LogP contribution is -2.61. The fourth-order valence-electron chi connectivity index (χ4n) is 8.44. The quantitative estimate of drug-likeness (QED) is 0.0172. The third kappa shape index (κ3) is 30.5. The topological polar surface area (TPSA) is 231 Å². The molecule has 11 atom stereocenters. The Kier molecular flexibility index (Phi) is 39.4. The van der Waals surface area contributed by atoms with Gasteiger partial charge in [-0.1, -0.05) is 164 Å². The monoisotopic (exact) mass is 1020 g/mol. The van der Waals surface area contributed by atoms with E-state index in [9.17, 15) is 45.3 Å². The van der Waals surface area contributed by atoms with Crippen LogP contribution in [0.15, 0.2) is 60.8 Å². The van der Waals surface area contributed by atoms with Gasteiger partial charge < -0.3 is 64.2 Å². The van der Waals surface area contributed by atoms with Crippen LogP contribution in [0, 0.1) is 0 Å². The summed E-state index contributed by atoms with van der Waals surface area (Å²) in [6.07, 6.45) is 33.8. The van der Waals surface area contributed by atoms with E-state index in [1.165, 1.54) is 70.6 Å². The minimum absolute atomic E-state index is 0.143. The van der Waals surface area contributed by atoms with E-state index in [2.05, 4.69) is 74.6 Å². The molecule has 0 radical (unpaired) electrons. The number of allylic oxidation sites excluding steroid dienone is 10. The second-order valence-electron chi connectivity index (χ2n) is 19.4. The van der Waals surface area contributed by atoms with E-state index < -0.39 is 99.3 Å². The molecule has 15 heteroatoms. The zero-order valence-corrected chi connectivity index (χ0v) is 44.1. The Morgan fingerprint density at radius 1 is 0.458 bits per heavy atom. The summed E-state index contributed by atoms with van der Waals surface area (Å²) in [5.74, 6) is -0.950. The smallest absolute Gasteiger partial charge is 0.306 e. The predicted molar refractivity (Wildman–Crippen MR) is 280 cm³/mol. The van der Waals surface area contributed by atoms with Crippen LogP contribution >= 0.6 is 0 Å². The second kappa shape index (κ2) is 43.4. The molecule has 0 aromatic rings. The first-order valence-electron chi connectivity index (χ1n) is 27.9. The van der Waals surface area contributed by atoms with Crippen LogP contribution in [0.25, 0.3) is 0 Å². The molecule has 0 spiro atoms. The summed E-state index contributed by atoms with van der Waals surface area (Å²) in [6.45, 7) is 2.45. The van der Waals surface area contributed by atoms with Gasteiger partial charge in [-0.05, 0) is 77.0 Å². The number of hydrogen-bond donors (Lipinski definition) is 7. The lowest BCUT2D eigenvalue weighted by molar-refractivity contribution is -0.332. The highest BCUT2D eigenvalue weighted by Gasteiger charge is 2.47. The predicted octanol–water partition coefficient (Wildman–Crippen LogP) is 8.83. The summed E-state index contributed by atoms with van der Waals surface area (Å²) >= 11 is 0. The third-order valence-electron chi connectivity index (χ3n) is 13.0. The Bertz CT molecular complexity index is 1480. The molecule has 0 amide bonds. The molecule has 2 saturated heterocycles. The lowest BCUT2D eigenvalue weighted by Gasteiger charge is -2.42. The highest BCUT2D eigenvalue weighted by atomic mass is 16.7. The maximum absolute atomic E-state index is 13.0. The molecule has 7 N–H and O–H groups in total. The number of carbonyl (C=O) groups excluding carboxylic acids is 2. The highest BCUT2D eigenvalue weighted by Crippen LogP contribution is 2.26. The molecule has 0 aliphatic carbocycles. The number of hydrogen-bond acceptors (Lipinski definition) is 15. The molecule has 0 bridgehead atoms. The van der Waals surface area contributed by atoms with Crippen molar-refractivity contribution in [2.45, 2.75) is 261 Å². The van der Waals surface area contributed by atoms with Gasteiger partial charge >= 0.3 is 11.9 Å². The fraction of sp³-hybridized carbons (Fsp3) is 0.789. The molecule has 15 nitrogen and oxygen atoms in total. The standard InChI is InChI=1S/C57H98O15/c1-3-5-7-9-11-13-15-17-19-20-21-22-23-24-26-27-29-31-33-35-37-39-48(59)67-42-45(70-49(60)40-38-36-34-32-30-28-25-18-16-14-12-10-8-6-4-2)43-68-56-55(66)53(64)51(62)47(72-56)44-69-57-54(65)52(63)50(61)46(41-58)71-57/h6,8,12,14-15,17-18,20-21,25,45-47,50-58,61-66H,3-5,7,9-11,13,16,19,22-24,26-44H2,1-2H3/b8-6-,14-12-,17-15-,21-20-,25-18-. The van der Waals surface area contributed by atoms with Gasteiger partial charge in [0.1, 0.15) is 55.4 Å². The van der Waals surface area contributed by atoms with Crippen molar-refractivity contribution in [1.82, 2.24) is 0 Å². The average molecular weight is 1020 g/mol. The molecule has 2 heterocycles. The van der Waals surface area contributed by atoms with E-state index in [0.717, 1.165) is 83.5 Å². The Morgan fingerprint density at radius 2 is 0.875 bits per heavy atom. The van der Waals surface area contributed by atoms with Crippen molar-refractivity contribution in [2.24, 2.45) is 0 Å². The molecular formula is C57H98O15. The van der Waals surface area contributed by atoms with Crippen molar-refractivity contribution in [3.05, 3.63) is 60.8 Å². The number of aliphatic hydroxyl groups is 7. The summed E-state index contributed by atoms with van der Waals surface area (Å²) < 4.78 is 33.6. The number of aliphatic hydroxyl groups excluding tert-OH is 7. The zero-order valence-electron chi connectivity index (χ0n) is 44.1. The van der Waals surface area contributed by atoms with Crippen molar-refractivity contribution in [3.8, 4) is 0 Å². The van der Waals surface area contributed by atoms with Crippen LogP contribution < -0.4 is 0 Å². The Balaban J connectivity index is 1.77. The van der Waals surface area contributed by atoms with Crippen molar-refractivity contribution in [1.29, 1.82) is 0 Å². The van der Waals surface area contributed by atoms with Gasteiger partial charge in [0.2, 0.25) is 0 Å². The van der Waals surface area contributed by atoms with E-state index in [4.69, 9.17) is 28.4 Å². The number of rotatable bonds is 43. The van der Waals surface area contributed by atoms with Crippen LogP contribution in [-0.4, -0.2) is 142 Å². The minimum atomic E-state index is -1.77. The first kappa shape index (κ1) is 65.3. The molecule has 0 saturated carbocycles. The van der Waals surface area contributed by atoms with E-state index in [-0.39, 0.29) is 19.4 Å². The summed E-state index contributed by atoms with van der Waals surface area (Å²) in [4.78, 5) is 25.8. The zero-order chi connectivity index (χ0) is 52.4. The van der Waals surface area contributed by atoms with Crippen LogP contribution in [0.2, 0.25) is 0 Å². The molecule has 11 unspecified atom stereocenters. The molecule has 416 valence electrons. The maximum atomic E-state index is 13.0. The van der Waals surface area contributed by atoms with Crippen LogP contribution in [-0.2, 0) is 38.0 Å². The van der Waals surface area contributed by atoms with Gasteiger partial charge in [-0.2, -0.15) is 0 Å². The Hall–Kier alpha value is -2.80. The van der Waals surface area contributed by atoms with Crippen LogP contribution in [0.3, 0.4) is 0 Å². The molecule has 2 aliphatic heterocycles. The molecule has 0 aromatic carbocycles. The van der Waals surface area contributed by atoms with Gasteiger partial charge in [0.25, 0.3) is 0 Å². The van der Waals surface area contributed by atoms with E-state index >= 15 is 0 Å². The van der Waals surface area contributed by atoms with Crippen molar-refractivity contribution >= 4 is 11.9 Å². The van der Waals surface area contributed by atoms with Crippen LogP contribution in [0.5, 0.6) is 0 Å².